The van der Waals surface area contributed by atoms with Crippen molar-refractivity contribution in [2.75, 3.05) is 12.4 Å². The van der Waals surface area contributed by atoms with Gasteiger partial charge in [0, 0.05) is 0 Å². The molecule has 0 spiro atoms. The Labute approximate surface area is 94.6 Å². The van der Waals surface area contributed by atoms with Crippen LogP contribution >= 0.6 is 0 Å². The molecule has 7 heteroatoms. The summed E-state index contributed by atoms with van der Waals surface area (Å²) < 4.78 is 41.4. The van der Waals surface area contributed by atoms with Gasteiger partial charge >= 0.3 is 12.3 Å². The standard InChI is InChI=1S/C10H7F3N2O2/c1-17-9(16)15-8-4-7(10(11,12)13)3-2-6(8)5-14/h2-4H,1H3,(H,15,16). The van der Waals surface area contributed by atoms with Crippen LogP contribution in [0, 0.1) is 11.3 Å². The summed E-state index contributed by atoms with van der Waals surface area (Å²) in [5, 5.41) is 10.7. The first-order valence-corrected chi connectivity index (χ1v) is 4.35. The molecule has 17 heavy (non-hydrogen) atoms. The number of alkyl halides is 3. The Balaban J connectivity index is 3.17. The highest BCUT2D eigenvalue weighted by Crippen LogP contribution is 2.32. The summed E-state index contributed by atoms with van der Waals surface area (Å²) in [5.74, 6) is 0. The third kappa shape index (κ3) is 3.11. The van der Waals surface area contributed by atoms with Gasteiger partial charge in [-0.1, -0.05) is 0 Å². The van der Waals surface area contributed by atoms with Crippen LogP contribution < -0.4 is 5.32 Å². The molecule has 4 nitrogen and oxygen atoms in total. The monoisotopic (exact) mass is 244 g/mol. The minimum Gasteiger partial charge on any atom is -0.453 e. The SMILES string of the molecule is COC(=O)Nc1cc(C(F)(F)F)ccc1C#N. The van der Waals surface area contributed by atoms with E-state index in [-0.39, 0.29) is 11.3 Å². The second-order valence-electron chi connectivity index (χ2n) is 2.99. The predicted octanol–water partition coefficient (Wildman–Crippen LogP) is 2.76. The molecule has 90 valence electrons. The highest BCUT2D eigenvalue weighted by Gasteiger charge is 2.31. The van der Waals surface area contributed by atoms with E-state index in [9.17, 15) is 18.0 Å². The zero-order valence-electron chi connectivity index (χ0n) is 8.63. The molecule has 0 heterocycles. The van der Waals surface area contributed by atoms with E-state index in [0.29, 0.717) is 6.07 Å². The number of anilines is 1. The van der Waals surface area contributed by atoms with Crippen LogP contribution in [-0.2, 0) is 10.9 Å². The van der Waals surface area contributed by atoms with Gasteiger partial charge in [-0.15, -0.1) is 0 Å². The number of hydrogen-bond acceptors (Lipinski definition) is 3. The number of benzene rings is 1. The van der Waals surface area contributed by atoms with E-state index in [1.54, 1.807) is 6.07 Å². The second-order valence-corrected chi connectivity index (χ2v) is 2.99. The molecule has 0 unspecified atom stereocenters. The Morgan fingerprint density at radius 3 is 2.59 bits per heavy atom. The number of carbonyl (C=O) groups excluding carboxylic acids is 1. The molecule has 0 aliphatic rings. The van der Waals surface area contributed by atoms with Crippen LogP contribution in [0.4, 0.5) is 23.7 Å². The maximum atomic E-state index is 12.4. The van der Waals surface area contributed by atoms with Crippen molar-refractivity contribution in [2.45, 2.75) is 6.18 Å². The van der Waals surface area contributed by atoms with Crippen LogP contribution in [0.1, 0.15) is 11.1 Å². The second kappa shape index (κ2) is 4.74. The lowest BCUT2D eigenvalue weighted by molar-refractivity contribution is -0.137. The highest BCUT2D eigenvalue weighted by molar-refractivity contribution is 5.86. The van der Waals surface area contributed by atoms with Gasteiger partial charge in [0.2, 0.25) is 0 Å². The van der Waals surface area contributed by atoms with Gasteiger partial charge in [0.1, 0.15) is 6.07 Å². The zero-order chi connectivity index (χ0) is 13.1. The van der Waals surface area contributed by atoms with Crippen LogP contribution in [0.2, 0.25) is 0 Å². The van der Waals surface area contributed by atoms with Crippen molar-refractivity contribution >= 4 is 11.8 Å². The van der Waals surface area contributed by atoms with Crippen molar-refractivity contribution in [3.05, 3.63) is 29.3 Å². The van der Waals surface area contributed by atoms with Crippen molar-refractivity contribution in [1.82, 2.24) is 0 Å². The summed E-state index contributed by atoms with van der Waals surface area (Å²) in [6, 6.07) is 4.09. The summed E-state index contributed by atoms with van der Waals surface area (Å²) in [6.07, 6.45) is -5.48. The Morgan fingerprint density at radius 1 is 1.47 bits per heavy atom. The Morgan fingerprint density at radius 2 is 2.12 bits per heavy atom. The van der Waals surface area contributed by atoms with Crippen LogP contribution in [0.25, 0.3) is 0 Å². The van der Waals surface area contributed by atoms with Gasteiger partial charge in [-0.25, -0.2) is 4.79 Å². The maximum absolute atomic E-state index is 12.4. The number of amides is 1. The summed E-state index contributed by atoms with van der Waals surface area (Å²) in [4.78, 5) is 10.9. The summed E-state index contributed by atoms with van der Waals surface area (Å²) in [7, 11) is 1.06. The van der Waals surface area contributed by atoms with Gasteiger partial charge in [-0.05, 0) is 18.2 Å². The van der Waals surface area contributed by atoms with E-state index in [1.165, 1.54) is 0 Å². The van der Waals surface area contributed by atoms with E-state index in [2.05, 4.69) is 4.74 Å². The molecule has 0 bridgehead atoms. The van der Waals surface area contributed by atoms with Gasteiger partial charge in [-0.2, -0.15) is 18.4 Å². The van der Waals surface area contributed by atoms with E-state index < -0.39 is 17.8 Å². The van der Waals surface area contributed by atoms with E-state index in [1.807, 2.05) is 5.32 Å². The third-order valence-corrected chi connectivity index (χ3v) is 1.89. The first-order valence-electron chi connectivity index (χ1n) is 4.35. The molecule has 0 saturated carbocycles. The summed E-state index contributed by atoms with van der Waals surface area (Å²) in [6.45, 7) is 0. The summed E-state index contributed by atoms with van der Waals surface area (Å²) in [5.41, 5.74) is -1.28. The first kappa shape index (κ1) is 12.8. The molecule has 0 aliphatic carbocycles. The van der Waals surface area contributed by atoms with Crippen molar-refractivity contribution in [3.63, 3.8) is 0 Å². The minimum absolute atomic E-state index is 0.0802. The normalized spacial score (nSPS) is 10.5. The molecule has 0 aromatic heterocycles. The van der Waals surface area contributed by atoms with Crippen molar-refractivity contribution in [2.24, 2.45) is 0 Å². The van der Waals surface area contributed by atoms with Crippen molar-refractivity contribution in [3.8, 4) is 6.07 Å². The molecule has 0 aliphatic heterocycles. The number of nitrogens with zero attached hydrogens (tertiary/aromatic N) is 1. The number of nitriles is 1. The number of rotatable bonds is 1. The summed E-state index contributed by atoms with van der Waals surface area (Å²) >= 11 is 0. The smallest absolute Gasteiger partial charge is 0.416 e. The lowest BCUT2D eigenvalue weighted by Crippen LogP contribution is -2.13. The molecule has 1 aromatic rings. The Kier molecular flexibility index (Phi) is 3.58. The molecular weight excluding hydrogens is 237 g/mol. The largest absolute Gasteiger partial charge is 0.453 e. The van der Waals surface area contributed by atoms with Gasteiger partial charge in [0.25, 0.3) is 0 Å². The fourth-order valence-electron chi connectivity index (χ4n) is 1.08. The number of methoxy groups -OCH3 is 1. The lowest BCUT2D eigenvalue weighted by Gasteiger charge is -2.10. The third-order valence-electron chi connectivity index (χ3n) is 1.89. The molecule has 1 amide bonds. The molecule has 0 saturated heterocycles. The van der Waals surface area contributed by atoms with Crippen LogP contribution in [-0.4, -0.2) is 13.2 Å². The number of hydrogen-bond donors (Lipinski definition) is 1. The number of carbonyl (C=O) groups is 1. The number of nitrogens with one attached hydrogen (secondary N) is 1. The predicted molar refractivity (Wildman–Crippen MR) is 52.2 cm³/mol. The molecule has 0 fully saturated rings. The lowest BCUT2D eigenvalue weighted by atomic mass is 10.1. The number of halogens is 3. The fourth-order valence-corrected chi connectivity index (χ4v) is 1.08. The maximum Gasteiger partial charge on any atom is 0.416 e. The molecule has 1 aromatic carbocycles. The first-order chi connectivity index (χ1) is 7.88. The minimum atomic E-state index is -4.54. The Bertz CT molecular complexity index is 477. The van der Waals surface area contributed by atoms with Gasteiger partial charge < -0.3 is 4.74 Å². The molecule has 1 N–H and O–H groups in total. The molecule has 0 radical (unpaired) electrons. The van der Waals surface area contributed by atoms with Crippen LogP contribution in [0.15, 0.2) is 18.2 Å². The van der Waals surface area contributed by atoms with E-state index >= 15 is 0 Å². The fraction of sp³-hybridized carbons (Fsp3) is 0.200. The van der Waals surface area contributed by atoms with E-state index in [0.717, 1.165) is 19.2 Å². The van der Waals surface area contributed by atoms with Gasteiger partial charge in [0.15, 0.2) is 0 Å². The average molecular weight is 244 g/mol. The Hall–Kier alpha value is -2.23. The van der Waals surface area contributed by atoms with Crippen molar-refractivity contribution < 1.29 is 22.7 Å². The zero-order valence-corrected chi connectivity index (χ0v) is 8.63. The van der Waals surface area contributed by atoms with Gasteiger partial charge in [-0.3, -0.25) is 5.32 Å². The quantitative estimate of drug-likeness (QED) is 0.826. The molecular formula is C10H7F3N2O2. The van der Waals surface area contributed by atoms with E-state index in [4.69, 9.17) is 5.26 Å². The molecule has 1 rings (SSSR count). The topological polar surface area (TPSA) is 62.1 Å². The molecule has 0 atom stereocenters. The van der Waals surface area contributed by atoms with Gasteiger partial charge in [0.05, 0.1) is 23.9 Å². The number of ether oxygens (including phenoxy) is 1. The highest BCUT2D eigenvalue weighted by atomic mass is 19.4. The van der Waals surface area contributed by atoms with Crippen LogP contribution in [0.3, 0.4) is 0 Å². The van der Waals surface area contributed by atoms with Crippen molar-refractivity contribution in [1.29, 1.82) is 5.26 Å². The average Bonchev–Trinajstić information content (AvgIpc) is 2.27. The van der Waals surface area contributed by atoms with Crippen LogP contribution in [0.5, 0.6) is 0 Å².